The predicted molar refractivity (Wildman–Crippen MR) is 74.0 cm³/mol. The van der Waals surface area contributed by atoms with Crippen molar-refractivity contribution >= 4 is 17.0 Å². The molecule has 6 heteroatoms. The lowest BCUT2D eigenvalue weighted by atomic mass is 10.1. The summed E-state index contributed by atoms with van der Waals surface area (Å²) in [7, 11) is 3.25. The zero-order valence-electron chi connectivity index (χ0n) is 11.3. The van der Waals surface area contributed by atoms with Crippen molar-refractivity contribution in [1.82, 2.24) is 19.7 Å². The second-order valence-corrected chi connectivity index (χ2v) is 4.59. The number of pyridine rings is 1. The van der Waals surface area contributed by atoms with Gasteiger partial charge in [0.15, 0.2) is 0 Å². The second-order valence-electron chi connectivity index (χ2n) is 4.59. The van der Waals surface area contributed by atoms with Crippen molar-refractivity contribution < 1.29 is 9.53 Å². The van der Waals surface area contributed by atoms with Crippen LogP contribution in [-0.2, 0) is 23.0 Å². The molecule has 20 heavy (non-hydrogen) atoms. The number of rotatable bonds is 3. The van der Waals surface area contributed by atoms with Crippen LogP contribution in [0.5, 0.6) is 0 Å². The van der Waals surface area contributed by atoms with Crippen molar-refractivity contribution in [2.75, 3.05) is 7.11 Å². The number of carbonyl (C=O) groups excluding carboxylic acids is 1. The summed E-state index contributed by atoms with van der Waals surface area (Å²) in [6, 6.07) is 2.01. The molecule has 0 amide bonds. The average Bonchev–Trinajstić information content (AvgIpc) is 3.05. The lowest BCUT2D eigenvalue weighted by molar-refractivity contribution is -0.139. The molecule has 3 aromatic heterocycles. The van der Waals surface area contributed by atoms with Crippen molar-refractivity contribution in [3.05, 3.63) is 36.4 Å². The third kappa shape index (κ3) is 2.16. The summed E-state index contributed by atoms with van der Waals surface area (Å²) in [6.45, 7) is 0. The smallest absolute Gasteiger partial charge is 0.310 e. The Labute approximate surface area is 115 Å². The molecule has 102 valence electrons. The number of methoxy groups -OCH3 is 1. The van der Waals surface area contributed by atoms with E-state index in [2.05, 4.69) is 15.1 Å². The fourth-order valence-electron chi connectivity index (χ4n) is 2.16. The van der Waals surface area contributed by atoms with E-state index in [1.807, 2.05) is 19.3 Å². The average molecular weight is 270 g/mol. The highest BCUT2D eigenvalue weighted by molar-refractivity contribution is 5.88. The number of H-pyrrole nitrogens is 1. The highest BCUT2D eigenvalue weighted by atomic mass is 16.5. The number of nitrogens with zero attached hydrogens (tertiary/aromatic N) is 3. The Bertz CT molecular complexity index is 772. The molecule has 6 nitrogen and oxygen atoms in total. The third-order valence-electron chi connectivity index (χ3n) is 3.22. The molecular formula is C14H14N4O2. The molecule has 0 bridgehead atoms. The van der Waals surface area contributed by atoms with Crippen LogP contribution in [0, 0.1) is 0 Å². The Morgan fingerprint density at radius 1 is 1.40 bits per heavy atom. The number of fused-ring (bicyclic) bond motifs is 1. The first kappa shape index (κ1) is 12.4. The van der Waals surface area contributed by atoms with Gasteiger partial charge in [0, 0.05) is 42.2 Å². The van der Waals surface area contributed by atoms with E-state index in [9.17, 15) is 4.79 Å². The molecule has 0 aliphatic heterocycles. The summed E-state index contributed by atoms with van der Waals surface area (Å²) in [4.78, 5) is 18.8. The van der Waals surface area contributed by atoms with Gasteiger partial charge in [-0.2, -0.15) is 5.10 Å². The largest absolute Gasteiger partial charge is 0.469 e. The van der Waals surface area contributed by atoms with Crippen molar-refractivity contribution in [2.45, 2.75) is 6.42 Å². The zero-order valence-corrected chi connectivity index (χ0v) is 11.3. The van der Waals surface area contributed by atoms with Gasteiger partial charge in [-0.3, -0.25) is 9.48 Å². The monoisotopic (exact) mass is 270 g/mol. The molecule has 3 heterocycles. The fraction of sp³-hybridized carbons (Fsp3) is 0.214. The molecule has 0 fully saturated rings. The summed E-state index contributed by atoms with van der Waals surface area (Å²) in [5.41, 5.74) is 3.60. The predicted octanol–water partition coefficient (Wildman–Crippen LogP) is 1.68. The highest BCUT2D eigenvalue weighted by Gasteiger charge is 2.11. The maximum absolute atomic E-state index is 11.4. The number of carbonyl (C=O) groups is 1. The van der Waals surface area contributed by atoms with E-state index in [1.54, 1.807) is 23.3 Å². The fourth-order valence-corrected chi connectivity index (χ4v) is 2.16. The van der Waals surface area contributed by atoms with E-state index in [0.29, 0.717) is 0 Å². The molecular weight excluding hydrogens is 256 g/mol. The second kappa shape index (κ2) is 4.80. The molecule has 0 aromatic carbocycles. The lowest BCUT2D eigenvalue weighted by Gasteiger charge is -2.00. The number of aromatic nitrogens is 4. The number of nitrogens with one attached hydrogen (secondary N) is 1. The number of ether oxygens (including phenoxy) is 1. The van der Waals surface area contributed by atoms with E-state index in [4.69, 9.17) is 4.74 Å². The van der Waals surface area contributed by atoms with Crippen molar-refractivity contribution in [3.63, 3.8) is 0 Å². The molecule has 0 radical (unpaired) electrons. The summed E-state index contributed by atoms with van der Waals surface area (Å²) < 4.78 is 6.45. The van der Waals surface area contributed by atoms with Gasteiger partial charge in [0.25, 0.3) is 0 Å². The van der Waals surface area contributed by atoms with Crippen LogP contribution in [0.25, 0.3) is 22.2 Å². The van der Waals surface area contributed by atoms with Crippen LogP contribution in [-0.4, -0.2) is 32.8 Å². The molecule has 0 atom stereocenters. The first-order chi connectivity index (χ1) is 9.67. The van der Waals surface area contributed by atoms with Gasteiger partial charge >= 0.3 is 5.97 Å². The number of aryl methyl sites for hydroxylation is 1. The van der Waals surface area contributed by atoms with Gasteiger partial charge in [0.05, 0.1) is 19.7 Å². The molecule has 0 spiro atoms. The Morgan fingerprint density at radius 3 is 2.95 bits per heavy atom. The number of hydrogen-bond acceptors (Lipinski definition) is 4. The van der Waals surface area contributed by atoms with Gasteiger partial charge < -0.3 is 9.72 Å². The minimum atomic E-state index is -0.266. The molecule has 3 aromatic rings. The van der Waals surface area contributed by atoms with Crippen LogP contribution in [0.4, 0.5) is 0 Å². The van der Waals surface area contributed by atoms with E-state index in [0.717, 1.165) is 27.7 Å². The molecule has 0 saturated carbocycles. The van der Waals surface area contributed by atoms with Crippen LogP contribution in [0.1, 0.15) is 5.56 Å². The minimum Gasteiger partial charge on any atom is -0.469 e. The molecule has 0 aliphatic carbocycles. The SMILES string of the molecule is COC(=O)Cc1c[nH]c2ncc(-c3cnn(C)c3)cc12. The summed E-state index contributed by atoms with van der Waals surface area (Å²) in [6.07, 6.45) is 7.53. The zero-order chi connectivity index (χ0) is 14.1. The maximum Gasteiger partial charge on any atom is 0.310 e. The minimum absolute atomic E-state index is 0.231. The van der Waals surface area contributed by atoms with Gasteiger partial charge in [0.2, 0.25) is 0 Å². The quantitative estimate of drug-likeness (QED) is 0.735. The van der Waals surface area contributed by atoms with Gasteiger partial charge in [0.1, 0.15) is 5.65 Å². The molecule has 1 N–H and O–H groups in total. The standard InChI is InChI=1S/C14H14N4O2/c1-18-8-11(7-17-18)9-3-12-10(4-13(19)20-2)6-16-14(12)15-5-9/h3,5-8H,4H2,1-2H3,(H,15,16). The normalized spacial score (nSPS) is 10.9. The number of hydrogen-bond donors (Lipinski definition) is 1. The summed E-state index contributed by atoms with van der Waals surface area (Å²) in [5.74, 6) is -0.266. The van der Waals surface area contributed by atoms with Crippen LogP contribution in [0.3, 0.4) is 0 Å². The Hall–Kier alpha value is -2.63. The van der Waals surface area contributed by atoms with E-state index >= 15 is 0 Å². The van der Waals surface area contributed by atoms with Crippen LogP contribution < -0.4 is 0 Å². The number of aromatic amines is 1. The van der Waals surface area contributed by atoms with E-state index in [1.165, 1.54) is 7.11 Å². The van der Waals surface area contributed by atoms with Crippen LogP contribution >= 0.6 is 0 Å². The molecule has 0 aliphatic rings. The van der Waals surface area contributed by atoms with E-state index < -0.39 is 0 Å². The first-order valence-corrected chi connectivity index (χ1v) is 6.19. The van der Waals surface area contributed by atoms with Crippen molar-refractivity contribution in [1.29, 1.82) is 0 Å². The number of esters is 1. The molecule has 3 rings (SSSR count). The Kier molecular flexibility index (Phi) is 2.98. The van der Waals surface area contributed by atoms with Gasteiger partial charge in [-0.05, 0) is 11.6 Å². The molecule has 0 unspecified atom stereocenters. The molecule has 0 saturated heterocycles. The van der Waals surface area contributed by atoms with Crippen molar-refractivity contribution in [2.24, 2.45) is 7.05 Å². The van der Waals surface area contributed by atoms with Gasteiger partial charge in [-0.15, -0.1) is 0 Å². The highest BCUT2D eigenvalue weighted by Crippen LogP contribution is 2.24. The third-order valence-corrected chi connectivity index (χ3v) is 3.22. The van der Waals surface area contributed by atoms with Gasteiger partial charge in [-0.25, -0.2) is 4.98 Å². The summed E-state index contributed by atoms with van der Waals surface area (Å²) in [5, 5.41) is 5.08. The lowest BCUT2D eigenvalue weighted by Crippen LogP contribution is -2.03. The maximum atomic E-state index is 11.4. The first-order valence-electron chi connectivity index (χ1n) is 6.19. The Morgan fingerprint density at radius 2 is 2.25 bits per heavy atom. The topological polar surface area (TPSA) is 72.8 Å². The summed E-state index contributed by atoms with van der Waals surface area (Å²) >= 11 is 0. The van der Waals surface area contributed by atoms with Crippen LogP contribution in [0.15, 0.2) is 30.9 Å². The van der Waals surface area contributed by atoms with E-state index in [-0.39, 0.29) is 12.4 Å². The van der Waals surface area contributed by atoms with Gasteiger partial charge in [-0.1, -0.05) is 0 Å². The van der Waals surface area contributed by atoms with Crippen molar-refractivity contribution in [3.8, 4) is 11.1 Å². The van der Waals surface area contributed by atoms with Crippen LogP contribution in [0.2, 0.25) is 0 Å². The Balaban J connectivity index is 2.05.